The maximum Gasteiger partial charge on any atom is 0.258 e. The van der Waals surface area contributed by atoms with Gasteiger partial charge in [0.05, 0.1) is 29.0 Å². The molecule has 0 amide bonds. The van der Waals surface area contributed by atoms with E-state index in [-0.39, 0.29) is 17.2 Å². The van der Waals surface area contributed by atoms with Crippen LogP contribution < -0.4 is 5.56 Å². The zero-order valence-electron chi connectivity index (χ0n) is 14.2. The van der Waals surface area contributed by atoms with E-state index in [0.29, 0.717) is 24.1 Å². The van der Waals surface area contributed by atoms with E-state index in [4.69, 9.17) is 21.9 Å². The van der Waals surface area contributed by atoms with Gasteiger partial charge in [0, 0.05) is 16.5 Å². The minimum absolute atomic E-state index is 0.0986. The third-order valence-corrected chi connectivity index (χ3v) is 5.87. The van der Waals surface area contributed by atoms with Gasteiger partial charge in [-0.15, -0.1) is 0 Å². The van der Waals surface area contributed by atoms with Crippen LogP contribution in [-0.4, -0.2) is 19.7 Å². The van der Waals surface area contributed by atoms with Crippen LogP contribution in [0.1, 0.15) is 30.0 Å². The first-order chi connectivity index (χ1) is 12.5. The molecule has 5 rings (SSSR count). The topological polar surface area (TPSA) is 64.3 Å². The van der Waals surface area contributed by atoms with E-state index in [1.807, 2.05) is 37.3 Å². The van der Waals surface area contributed by atoms with E-state index in [0.717, 1.165) is 27.9 Å². The molecule has 26 heavy (non-hydrogen) atoms. The van der Waals surface area contributed by atoms with Crippen molar-refractivity contribution in [2.45, 2.75) is 32.1 Å². The van der Waals surface area contributed by atoms with Crippen molar-refractivity contribution in [3.05, 3.63) is 63.4 Å². The Morgan fingerprint density at radius 2 is 2.15 bits per heavy atom. The number of hydrogen-bond donors (Lipinski definition) is 1. The first-order valence-corrected chi connectivity index (χ1v) is 8.99. The molecule has 0 saturated carbocycles. The van der Waals surface area contributed by atoms with Crippen LogP contribution in [0.25, 0.3) is 22.3 Å². The first-order valence-electron chi connectivity index (χ1n) is 8.59. The van der Waals surface area contributed by atoms with E-state index in [2.05, 4.69) is 6.07 Å². The summed E-state index contributed by atoms with van der Waals surface area (Å²) in [5, 5.41) is 12.2. The van der Waals surface area contributed by atoms with E-state index in [9.17, 15) is 9.90 Å². The predicted octanol–water partition coefficient (Wildman–Crippen LogP) is 2.88. The fraction of sp³-hybridized carbons (Fsp3) is 0.250. The average Bonchev–Trinajstić information content (AvgIpc) is 3.01. The Labute approximate surface area is 154 Å². The lowest BCUT2D eigenvalue weighted by atomic mass is 9.86. The molecule has 1 atom stereocenters. The van der Waals surface area contributed by atoms with Crippen LogP contribution in [0.2, 0.25) is 0 Å². The monoisotopic (exact) mass is 364 g/mol. The van der Waals surface area contributed by atoms with Gasteiger partial charge in [0.25, 0.3) is 5.56 Å². The number of aliphatic hydroxyl groups is 1. The number of aromatic nitrogens is 2. The molecule has 2 aliphatic rings. The van der Waals surface area contributed by atoms with Gasteiger partial charge in [-0.2, -0.15) is 0 Å². The lowest BCUT2D eigenvalue weighted by Crippen LogP contribution is -2.43. The number of thiocarbonyl (C=S) groups is 1. The molecule has 0 bridgehead atoms. The van der Waals surface area contributed by atoms with Gasteiger partial charge >= 0.3 is 0 Å². The second-order valence-electron chi connectivity index (χ2n) is 6.79. The van der Waals surface area contributed by atoms with Gasteiger partial charge in [0.1, 0.15) is 6.61 Å². The normalized spacial score (nSPS) is 20.5. The maximum absolute atomic E-state index is 13.1. The number of ether oxygens (including phenoxy) is 1. The van der Waals surface area contributed by atoms with Crippen molar-refractivity contribution in [2.24, 2.45) is 0 Å². The molecule has 3 aromatic rings. The molecule has 0 radical (unpaired) electrons. The van der Waals surface area contributed by atoms with Crippen LogP contribution in [0.15, 0.2) is 41.2 Å². The van der Waals surface area contributed by atoms with Gasteiger partial charge < -0.3 is 14.4 Å². The zero-order valence-corrected chi connectivity index (χ0v) is 15.0. The largest absolute Gasteiger partial charge is 0.479 e. The minimum Gasteiger partial charge on any atom is -0.479 e. The van der Waals surface area contributed by atoms with Crippen LogP contribution in [0, 0.1) is 0 Å². The van der Waals surface area contributed by atoms with Crippen LogP contribution >= 0.6 is 12.2 Å². The summed E-state index contributed by atoms with van der Waals surface area (Å²) in [6.45, 7) is 2.40. The van der Waals surface area contributed by atoms with Crippen LogP contribution in [-0.2, 0) is 23.5 Å². The van der Waals surface area contributed by atoms with Crippen molar-refractivity contribution in [1.29, 1.82) is 0 Å². The minimum atomic E-state index is -1.42. The van der Waals surface area contributed by atoms with E-state index in [1.54, 1.807) is 4.57 Å². The van der Waals surface area contributed by atoms with Gasteiger partial charge in [0.2, 0.25) is 0 Å². The highest BCUT2D eigenvalue weighted by Gasteiger charge is 2.42. The number of pyridine rings is 2. The highest BCUT2D eigenvalue weighted by Crippen LogP contribution is 2.38. The molecule has 0 aliphatic carbocycles. The molecule has 1 aromatic carbocycles. The highest BCUT2D eigenvalue weighted by atomic mass is 32.1. The number of benzene rings is 1. The predicted molar refractivity (Wildman–Crippen MR) is 102 cm³/mol. The Bertz CT molecular complexity index is 1170. The number of fused-ring (bicyclic) bond motifs is 5. The zero-order chi connectivity index (χ0) is 18.1. The van der Waals surface area contributed by atoms with Crippen LogP contribution in [0.4, 0.5) is 0 Å². The average molecular weight is 364 g/mol. The Kier molecular flexibility index (Phi) is 3.14. The standard InChI is InChI=1S/C20H16N2O3S/c1-2-20(24)14-8-16-17-12(7-11-5-3-4-6-15(11)21-17)9-22(16)18(23)13(14)10-25-19(20)26/h3-8,24H,2,9-10H2,1H3/t20-/m0/s1. The number of hydrogen-bond acceptors (Lipinski definition) is 5. The van der Waals surface area contributed by atoms with E-state index in [1.165, 1.54) is 0 Å². The highest BCUT2D eigenvalue weighted by molar-refractivity contribution is 7.80. The molecule has 0 fully saturated rings. The van der Waals surface area contributed by atoms with Crippen molar-refractivity contribution >= 4 is 28.2 Å². The van der Waals surface area contributed by atoms with Gasteiger partial charge in [-0.25, -0.2) is 4.98 Å². The molecule has 2 aromatic heterocycles. The van der Waals surface area contributed by atoms with Gasteiger partial charge in [0.15, 0.2) is 10.7 Å². The van der Waals surface area contributed by atoms with Gasteiger partial charge in [-0.3, -0.25) is 4.79 Å². The number of para-hydroxylation sites is 1. The summed E-state index contributed by atoms with van der Waals surface area (Å²) in [7, 11) is 0. The van der Waals surface area contributed by atoms with Crippen LogP contribution in [0.3, 0.4) is 0 Å². The Morgan fingerprint density at radius 1 is 1.35 bits per heavy atom. The second kappa shape index (κ2) is 5.22. The van der Waals surface area contributed by atoms with Gasteiger partial charge in [-0.05, 0) is 36.8 Å². The van der Waals surface area contributed by atoms with E-state index >= 15 is 0 Å². The molecule has 4 heterocycles. The fourth-order valence-corrected chi connectivity index (χ4v) is 4.24. The molecule has 0 spiro atoms. The number of rotatable bonds is 1. The smallest absolute Gasteiger partial charge is 0.258 e. The Morgan fingerprint density at radius 3 is 2.96 bits per heavy atom. The van der Waals surface area contributed by atoms with Crippen molar-refractivity contribution in [2.75, 3.05) is 0 Å². The molecule has 130 valence electrons. The molecule has 0 saturated heterocycles. The summed E-state index contributed by atoms with van der Waals surface area (Å²) < 4.78 is 7.16. The first kappa shape index (κ1) is 15.7. The summed E-state index contributed by atoms with van der Waals surface area (Å²) in [6.07, 6.45) is 0.347. The SMILES string of the molecule is CC[C@@]1(O)C(=S)OCc2c1cc1n(c2=O)Cc2cc3ccccc3nc2-1. The van der Waals surface area contributed by atoms with Crippen molar-refractivity contribution in [3.63, 3.8) is 0 Å². The van der Waals surface area contributed by atoms with Crippen LogP contribution in [0.5, 0.6) is 0 Å². The summed E-state index contributed by atoms with van der Waals surface area (Å²) in [5.41, 5.74) is 2.87. The molecule has 1 N–H and O–H groups in total. The quantitative estimate of drug-likeness (QED) is 0.526. The Hall–Kier alpha value is -2.57. The maximum atomic E-state index is 13.1. The lowest BCUT2D eigenvalue weighted by Gasteiger charge is -2.34. The summed E-state index contributed by atoms with van der Waals surface area (Å²) >= 11 is 5.23. The van der Waals surface area contributed by atoms with E-state index < -0.39 is 5.60 Å². The molecule has 2 aliphatic heterocycles. The van der Waals surface area contributed by atoms with Gasteiger partial charge in [-0.1, -0.05) is 25.1 Å². The van der Waals surface area contributed by atoms with Crippen molar-refractivity contribution in [3.8, 4) is 11.4 Å². The molecular weight excluding hydrogens is 348 g/mol. The fourth-order valence-electron chi connectivity index (χ4n) is 3.93. The number of nitrogens with zero attached hydrogens (tertiary/aromatic N) is 2. The third-order valence-electron chi connectivity index (χ3n) is 5.42. The van der Waals surface area contributed by atoms with Crippen molar-refractivity contribution in [1.82, 2.24) is 9.55 Å². The summed E-state index contributed by atoms with van der Waals surface area (Å²) in [4.78, 5) is 17.9. The Balaban J connectivity index is 1.81. The molecule has 0 unspecified atom stereocenters. The third kappa shape index (κ3) is 1.91. The lowest BCUT2D eigenvalue weighted by molar-refractivity contribution is 0.0604. The summed E-state index contributed by atoms with van der Waals surface area (Å²) in [5.74, 6) is 0. The van der Waals surface area contributed by atoms with Crippen molar-refractivity contribution < 1.29 is 9.84 Å². The molecule has 6 heteroatoms. The second-order valence-corrected chi connectivity index (χ2v) is 7.16. The molecule has 5 nitrogen and oxygen atoms in total. The molecular formula is C20H16N2O3S. The summed E-state index contributed by atoms with van der Waals surface area (Å²) in [6, 6.07) is 11.8.